The monoisotopic (exact) mass is 267 g/mol. The summed E-state index contributed by atoms with van der Waals surface area (Å²) in [4.78, 5) is 4.74. The molecule has 0 unspecified atom stereocenters. The van der Waals surface area contributed by atoms with Crippen LogP contribution in [-0.4, -0.2) is 9.55 Å². The Bertz CT molecular complexity index is 649. The number of nitrogen functional groups attached to an aromatic ring is 1. The SMILES string of the molecule is C#CCn1c(C(C)(C)C)nc(-c2ccc(C)cc2)c1N. The van der Waals surface area contributed by atoms with Gasteiger partial charge >= 0.3 is 0 Å². The largest absolute Gasteiger partial charge is 0.383 e. The number of terminal acetylenes is 1. The first-order valence-electron chi connectivity index (χ1n) is 6.71. The predicted molar refractivity (Wildman–Crippen MR) is 84.3 cm³/mol. The van der Waals surface area contributed by atoms with Crippen molar-refractivity contribution in [1.29, 1.82) is 0 Å². The number of imidazole rings is 1. The molecule has 3 heteroatoms. The lowest BCUT2D eigenvalue weighted by atomic mass is 9.95. The van der Waals surface area contributed by atoms with E-state index >= 15 is 0 Å². The Kier molecular flexibility index (Phi) is 3.59. The minimum atomic E-state index is -0.103. The third kappa shape index (κ3) is 2.55. The van der Waals surface area contributed by atoms with E-state index in [0.29, 0.717) is 12.4 Å². The summed E-state index contributed by atoms with van der Waals surface area (Å²) in [7, 11) is 0. The van der Waals surface area contributed by atoms with E-state index in [9.17, 15) is 0 Å². The molecule has 2 aromatic rings. The maximum Gasteiger partial charge on any atom is 0.132 e. The molecular formula is C17H21N3. The van der Waals surface area contributed by atoms with Gasteiger partial charge in [-0.2, -0.15) is 0 Å². The second kappa shape index (κ2) is 5.05. The summed E-state index contributed by atoms with van der Waals surface area (Å²) >= 11 is 0. The number of nitrogens with two attached hydrogens (primary N) is 1. The minimum absolute atomic E-state index is 0.103. The second-order valence-corrected chi connectivity index (χ2v) is 6.08. The van der Waals surface area contributed by atoms with Crippen LogP contribution in [0.5, 0.6) is 0 Å². The van der Waals surface area contributed by atoms with Crippen molar-refractivity contribution < 1.29 is 0 Å². The maximum absolute atomic E-state index is 6.26. The summed E-state index contributed by atoms with van der Waals surface area (Å²) in [5.74, 6) is 4.21. The number of hydrogen-bond acceptors (Lipinski definition) is 2. The Balaban J connectivity index is 2.61. The molecule has 0 saturated heterocycles. The Morgan fingerprint density at radius 2 is 1.85 bits per heavy atom. The van der Waals surface area contributed by atoms with Gasteiger partial charge in [-0.1, -0.05) is 56.5 Å². The molecule has 20 heavy (non-hydrogen) atoms. The minimum Gasteiger partial charge on any atom is -0.383 e. The van der Waals surface area contributed by atoms with Gasteiger partial charge in [-0.3, -0.25) is 0 Å². The molecule has 2 N–H and O–H groups in total. The third-order valence-corrected chi connectivity index (χ3v) is 3.25. The van der Waals surface area contributed by atoms with Crippen LogP contribution in [0.4, 0.5) is 5.82 Å². The van der Waals surface area contributed by atoms with Gasteiger partial charge in [-0.15, -0.1) is 6.42 Å². The zero-order valence-electron chi connectivity index (χ0n) is 12.6. The quantitative estimate of drug-likeness (QED) is 0.848. The predicted octanol–water partition coefficient (Wildman–Crippen LogP) is 3.37. The molecular weight excluding hydrogens is 246 g/mol. The highest BCUT2D eigenvalue weighted by Crippen LogP contribution is 2.31. The average molecular weight is 267 g/mol. The highest BCUT2D eigenvalue weighted by Gasteiger charge is 2.25. The van der Waals surface area contributed by atoms with Gasteiger partial charge < -0.3 is 10.3 Å². The molecule has 0 aliphatic carbocycles. The van der Waals surface area contributed by atoms with Crippen LogP contribution in [0.25, 0.3) is 11.3 Å². The summed E-state index contributed by atoms with van der Waals surface area (Å²) in [5, 5.41) is 0. The number of rotatable bonds is 2. The Morgan fingerprint density at radius 1 is 1.25 bits per heavy atom. The van der Waals surface area contributed by atoms with Crippen LogP contribution in [0, 0.1) is 19.3 Å². The van der Waals surface area contributed by atoms with E-state index in [1.54, 1.807) is 0 Å². The number of benzene rings is 1. The van der Waals surface area contributed by atoms with Gasteiger partial charge in [-0.25, -0.2) is 4.98 Å². The van der Waals surface area contributed by atoms with Gasteiger partial charge in [0.15, 0.2) is 0 Å². The zero-order valence-corrected chi connectivity index (χ0v) is 12.6. The molecule has 0 fully saturated rings. The fourth-order valence-corrected chi connectivity index (χ4v) is 2.21. The Hall–Kier alpha value is -2.21. The molecule has 0 radical (unpaired) electrons. The van der Waals surface area contributed by atoms with Crippen molar-refractivity contribution in [2.45, 2.75) is 39.7 Å². The van der Waals surface area contributed by atoms with Crippen LogP contribution in [0.1, 0.15) is 32.2 Å². The smallest absolute Gasteiger partial charge is 0.132 e. The first-order chi connectivity index (χ1) is 9.34. The van der Waals surface area contributed by atoms with E-state index in [4.69, 9.17) is 17.1 Å². The van der Waals surface area contributed by atoms with Gasteiger partial charge in [0.1, 0.15) is 17.3 Å². The summed E-state index contributed by atoms with van der Waals surface area (Å²) in [5.41, 5.74) is 9.21. The molecule has 3 nitrogen and oxygen atoms in total. The van der Waals surface area contributed by atoms with E-state index in [2.05, 4.69) is 45.7 Å². The van der Waals surface area contributed by atoms with Crippen molar-refractivity contribution in [2.24, 2.45) is 0 Å². The summed E-state index contributed by atoms with van der Waals surface area (Å²) < 4.78 is 1.93. The van der Waals surface area contributed by atoms with Crippen molar-refractivity contribution in [3.05, 3.63) is 35.7 Å². The fourth-order valence-electron chi connectivity index (χ4n) is 2.21. The lowest BCUT2D eigenvalue weighted by Crippen LogP contribution is -2.19. The molecule has 1 heterocycles. The van der Waals surface area contributed by atoms with Crippen LogP contribution in [0.15, 0.2) is 24.3 Å². The van der Waals surface area contributed by atoms with Crippen LogP contribution in [0.2, 0.25) is 0 Å². The number of aryl methyl sites for hydroxylation is 1. The maximum atomic E-state index is 6.26. The van der Waals surface area contributed by atoms with Crippen LogP contribution in [-0.2, 0) is 12.0 Å². The number of anilines is 1. The molecule has 0 aliphatic heterocycles. The summed E-state index contributed by atoms with van der Waals surface area (Å²) in [6.45, 7) is 8.84. The van der Waals surface area contributed by atoms with Gasteiger partial charge in [-0.05, 0) is 6.92 Å². The summed E-state index contributed by atoms with van der Waals surface area (Å²) in [6.07, 6.45) is 5.46. The highest BCUT2D eigenvalue weighted by atomic mass is 15.1. The second-order valence-electron chi connectivity index (χ2n) is 6.08. The lowest BCUT2D eigenvalue weighted by molar-refractivity contribution is 0.517. The van der Waals surface area contributed by atoms with Crippen LogP contribution < -0.4 is 5.73 Å². The van der Waals surface area contributed by atoms with Crippen molar-refractivity contribution >= 4 is 5.82 Å². The Labute approximate surface area is 120 Å². The van der Waals surface area contributed by atoms with Crippen molar-refractivity contribution in [3.8, 4) is 23.6 Å². The lowest BCUT2D eigenvalue weighted by Gasteiger charge is -2.18. The van der Waals surface area contributed by atoms with Crippen LogP contribution in [0.3, 0.4) is 0 Å². The van der Waals surface area contributed by atoms with Gasteiger partial charge in [0.2, 0.25) is 0 Å². The van der Waals surface area contributed by atoms with E-state index in [1.807, 2.05) is 16.7 Å². The van der Waals surface area contributed by atoms with Gasteiger partial charge in [0.25, 0.3) is 0 Å². The Morgan fingerprint density at radius 3 is 2.35 bits per heavy atom. The molecule has 1 aromatic carbocycles. The average Bonchev–Trinajstić information content (AvgIpc) is 2.69. The first-order valence-corrected chi connectivity index (χ1v) is 6.71. The van der Waals surface area contributed by atoms with E-state index in [-0.39, 0.29) is 5.41 Å². The first kappa shape index (κ1) is 14.2. The standard InChI is InChI=1S/C17H21N3/c1-6-11-20-15(18)14(19-16(20)17(3,4)5)13-9-7-12(2)8-10-13/h1,7-10H,11,18H2,2-5H3. The molecule has 0 bridgehead atoms. The van der Waals surface area contributed by atoms with E-state index in [0.717, 1.165) is 17.1 Å². The van der Waals surface area contributed by atoms with Crippen molar-refractivity contribution in [3.63, 3.8) is 0 Å². The molecule has 1 aromatic heterocycles. The fraction of sp³-hybridized carbons (Fsp3) is 0.353. The number of nitrogens with zero attached hydrogens (tertiary/aromatic N) is 2. The summed E-state index contributed by atoms with van der Waals surface area (Å²) in [6, 6.07) is 8.21. The van der Waals surface area contributed by atoms with Gasteiger partial charge in [0.05, 0.1) is 6.54 Å². The molecule has 104 valence electrons. The van der Waals surface area contributed by atoms with E-state index in [1.165, 1.54) is 5.56 Å². The molecule has 0 atom stereocenters. The van der Waals surface area contributed by atoms with Crippen molar-refractivity contribution in [2.75, 3.05) is 5.73 Å². The molecule has 2 rings (SSSR count). The normalized spacial score (nSPS) is 11.3. The number of aromatic nitrogens is 2. The van der Waals surface area contributed by atoms with Crippen molar-refractivity contribution in [1.82, 2.24) is 9.55 Å². The van der Waals surface area contributed by atoms with Gasteiger partial charge in [0, 0.05) is 11.0 Å². The molecule has 0 spiro atoms. The zero-order chi connectivity index (χ0) is 14.9. The highest BCUT2D eigenvalue weighted by molar-refractivity contribution is 5.71. The van der Waals surface area contributed by atoms with E-state index < -0.39 is 0 Å². The topological polar surface area (TPSA) is 43.8 Å². The van der Waals surface area contributed by atoms with Crippen LogP contribution >= 0.6 is 0 Å². The molecule has 0 aliphatic rings. The third-order valence-electron chi connectivity index (χ3n) is 3.25. The number of hydrogen-bond donors (Lipinski definition) is 1. The molecule has 0 amide bonds. The molecule has 0 saturated carbocycles.